The maximum Gasteiger partial charge on any atom is 0.222 e. The monoisotopic (exact) mass is 315 g/mol. The minimum Gasteiger partial charge on any atom is -0.383 e. The number of nitrogen functional groups attached to an aromatic ring is 1. The molecule has 0 aliphatic carbocycles. The molecule has 0 aliphatic heterocycles. The van der Waals surface area contributed by atoms with Gasteiger partial charge in [-0.25, -0.2) is 9.97 Å². The van der Waals surface area contributed by atoms with Crippen molar-refractivity contribution in [2.75, 3.05) is 25.5 Å². The molecule has 2 heterocycles. The molecule has 0 saturated heterocycles. The van der Waals surface area contributed by atoms with Crippen molar-refractivity contribution in [1.82, 2.24) is 19.9 Å². The summed E-state index contributed by atoms with van der Waals surface area (Å²) in [6.07, 6.45) is 3.30. The van der Waals surface area contributed by atoms with Crippen molar-refractivity contribution < 1.29 is 9.53 Å². The first-order valence-electron chi connectivity index (χ1n) is 7.40. The number of hydrogen-bond donors (Lipinski definition) is 2. The summed E-state index contributed by atoms with van der Waals surface area (Å²) < 4.78 is 7.24. The number of amides is 1. The molecule has 0 atom stereocenters. The molecule has 2 aromatic rings. The lowest BCUT2D eigenvalue weighted by atomic mass is 10.2. The van der Waals surface area contributed by atoms with Gasteiger partial charge in [-0.3, -0.25) is 4.79 Å². The molecule has 0 aliphatic rings. The number of nitrogens with two attached hydrogens (primary N) is 1. The van der Waals surface area contributed by atoms with E-state index in [0.717, 1.165) is 16.6 Å². The van der Waals surface area contributed by atoms with Gasteiger partial charge in [0, 0.05) is 25.7 Å². The minimum absolute atomic E-state index is 0.0194. The van der Waals surface area contributed by atoms with Crippen LogP contribution in [0, 0.1) is 17.8 Å². The second-order valence-corrected chi connectivity index (χ2v) is 5.41. The molecule has 2 aromatic heterocycles. The zero-order valence-electron chi connectivity index (χ0n) is 13.6. The Bertz CT molecular complexity index is 755. The quantitative estimate of drug-likeness (QED) is 0.625. The molecule has 7 nitrogen and oxygen atoms in total. The van der Waals surface area contributed by atoms with Gasteiger partial charge in [0.2, 0.25) is 5.91 Å². The van der Waals surface area contributed by atoms with Crippen molar-refractivity contribution in [3.8, 4) is 11.8 Å². The van der Waals surface area contributed by atoms with Crippen LogP contribution in [-0.4, -0.2) is 40.2 Å². The van der Waals surface area contributed by atoms with Crippen LogP contribution in [0.4, 0.5) is 5.82 Å². The highest BCUT2D eigenvalue weighted by molar-refractivity contribution is 5.92. The molecular weight excluding hydrogens is 294 g/mol. The van der Waals surface area contributed by atoms with E-state index in [4.69, 9.17) is 10.5 Å². The summed E-state index contributed by atoms with van der Waals surface area (Å²) in [6, 6.07) is 0. The highest BCUT2D eigenvalue weighted by Crippen LogP contribution is 2.21. The molecule has 0 saturated carbocycles. The summed E-state index contributed by atoms with van der Waals surface area (Å²) in [4.78, 5) is 19.5. The Morgan fingerprint density at radius 2 is 2.26 bits per heavy atom. The number of carbonyl (C=O) groups excluding carboxylic acids is 1. The molecule has 0 radical (unpaired) electrons. The zero-order valence-corrected chi connectivity index (χ0v) is 13.6. The van der Waals surface area contributed by atoms with Gasteiger partial charge in [0.05, 0.1) is 17.6 Å². The topological polar surface area (TPSA) is 95.1 Å². The van der Waals surface area contributed by atoms with E-state index < -0.39 is 0 Å². The Hall–Kier alpha value is -2.59. The van der Waals surface area contributed by atoms with Crippen LogP contribution in [0.1, 0.15) is 19.4 Å². The molecule has 0 bridgehead atoms. The largest absolute Gasteiger partial charge is 0.383 e. The number of nitrogens with zero attached hydrogens (tertiary/aromatic N) is 3. The summed E-state index contributed by atoms with van der Waals surface area (Å²) in [5.41, 5.74) is 7.41. The Morgan fingerprint density at radius 1 is 1.48 bits per heavy atom. The van der Waals surface area contributed by atoms with Crippen molar-refractivity contribution >= 4 is 22.8 Å². The first-order valence-corrected chi connectivity index (χ1v) is 7.40. The van der Waals surface area contributed by atoms with E-state index >= 15 is 0 Å². The predicted molar refractivity (Wildman–Crippen MR) is 88.5 cm³/mol. The number of ether oxygens (including phenoxy) is 1. The first kappa shape index (κ1) is 16.8. The smallest absolute Gasteiger partial charge is 0.222 e. The van der Waals surface area contributed by atoms with Crippen LogP contribution in [0.25, 0.3) is 11.0 Å². The van der Waals surface area contributed by atoms with Gasteiger partial charge in [0.15, 0.2) is 0 Å². The van der Waals surface area contributed by atoms with Gasteiger partial charge < -0.3 is 20.4 Å². The van der Waals surface area contributed by atoms with Crippen molar-refractivity contribution in [3.05, 3.63) is 18.1 Å². The summed E-state index contributed by atoms with van der Waals surface area (Å²) in [5, 5.41) is 3.53. The summed E-state index contributed by atoms with van der Waals surface area (Å²) in [5.74, 6) is 6.37. The molecule has 0 aromatic carbocycles. The number of aromatic nitrogens is 3. The van der Waals surface area contributed by atoms with E-state index in [1.165, 1.54) is 6.33 Å². The molecule has 0 spiro atoms. The van der Waals surface area contributed by atoms with Gasteiger partial charge in [0.1, 0.15) is 24.4 Å². The van der Waals surface area contributed by atoms with Gasteiger partial charge in [-0.15, -0.1) is 0 Å². The van der Waals surface area contributed by atoms with E-state index in [1.54, 1.807) is 0 Å². The van der Waals surface area contributed by atoms with E-state index in [9.17, 15) is 4.79 Å². The van der Waals surface area contributed by atoms with Crippen LogP contribution in [0.3, 0.4) is 0 Å². The number of hydrogen-bond acceptors (Lipinski definition) is 5. The normalized spacial score (nSPS) is 10.6. The molecule has 1 amide bonds. The number of nitrogens with one attached hydrogen (secondary N) is 1. The van der Waals surface area contributed by atoms with E-state index in [2.05, 4.69) is 27.1 Å². The van der Waals surface area contributed by atoms with Crippen LogP contribution in [0.5, 0.6) is 0 Å². The van der Waals surface area contributed by atoms with Gasteiger partial charge in [-0.1, -0.05) is 25.7 Å². The lowest BCUT2D eigenvalue weighted by Crippen LogP contribution is -2.30. The van der Waals surface area contributed by atoms with Gasteiger partial charge in [-0.2, -0.15) is 0 Å². The highest BCUT2D eigenvalue weighted by Gasteiger charge is 2.09. The second-order valence-electron chi connectivity index (χ2n) is 5.41. The molecular formula is C16H21N5O2. The third-order valence-corrected chi connectivity index (χ3v) is 3.25. The maximum absolute atomic E-state index is 11.4. The number of anilines is 1. The number of rotatable bonds is 5. The maximum atomic E-state index is 11.4. The number of fused-ring (bicyclic) bond motifs is 1. The molecule has 3 N–H and O–H groups in total. The van der Waals surface area contributed by atoms with Crippen molar-refractivity contribution in [3.63, 3.8) is 0 Å². The van der Waals surface area contributed by atoms with E-state index in [-0.39, 0.29) is 18.4 Å². The summed E-state index contributed by atoms with van der Waals surface area (Å²) >= 11 is 0. The minimum atomic E-state index is -0.0196. The van der Waals surface area contributed by atoms with Gasteiger partial charge in [0.25, 0.3) is 0 Å². The third kappa shape index (κ3) is 4.20. The van der Waals surface area contributed by atoms with Gasteiger partial charge in [-0.05, 0) is 0 Å². The summed E-state index contributed by atoms with van der Waals surface area (Å²) in [7, 11) is 1.88. The molecule has 0 fully saturated rings. The molecule has 122 valence electrons. The second kappa shape index (κ2) is 7.61. The molecule has 23 heavy (non-hydrogen) atoms. The summed E-state index contributed by atoms with van der Waals surface area (Å²) in [6.45, 7) is 4.88. The average Bonchev–Trinajstić information content (AvgIpc) is 2.84. The Balaban J connectivity index is 1.88. The average molecular weight is 315 g/mol. The standard InChI is InChI=1S/C16H21N5O2/c1-11(2)16(22)18-6-8-23-7-4-5-12-9-21(3)15-13(12)14(17)19-10-20-15/h9-11H,6-8H2,1-3H3,(H,18,22)(H2,17,19,20). The molecule has 0 unspecified atom stereocenters. The highest BCUT2D eigenvalue weighted by atomic mass is 16.5. The fraction of sp³-hybridized carbons (Fsp3) is 0.438. The van der Waals surface area contributed by atoms with Crippen molar-refractivity contribution in [2.24, 2.45) is 13.0 Å². The fourth-order valence-electron chi connectivity index (χ4n) is 2.03. The van der Waals surface area contributed by atoms with E-state index in [0.29, 0.717) is 19.0 Å². The predicted octanol–water partition coefficient (Wildman–Crippen LogP) is 0.691. The lowest BCUT2D eigenvalue weighted by Gasteiger charge is -2.06. The van der Waals surface area contributed by atoms with Crippen LogP contribution in [0.2, 0.25) is 0 Å². The fourth-order valence-corrected chi connectivity index (χ4v) is 2.03. The number of aryl methyl sites for hydroxylation is 1. The first-order chi connectivity index (χ1) is 11.0. The van der Waals surface area contributed by atoms with Crippen LogP contribution < -0.4 is 11.1 Å². The Morgan fingerprint density at radius 3 is 3.00 bits per heavy atom. The van der Waals surface area contributed by atoms with Crippen molar-refractivity contribution in [2.45, 2.75) is 13.8 Å². The molecule has 2 rings (SSSR count). The number of carbonyl (C=O) groups is 1. The molecule has 7 heteroatoms. The van der Waals surface area contributed by atoms with Gasteiger partial charge >= 0.3 is 0 Å². The lowest BCUT2D eigenvalue weighted by molar-refractivity contribution is -0.124. The SMILES string of the molecule is CC(C)C(=O)NCCOCC#Cc1cn(C)c2ncnc(N)c12. The van der Waals surface area contributed by atoms with E-state index in [1.807, 2.05) is 31.7 Å². The van der Waals surface area contributed by atoms with Crippen LogP contribution in [0.15, 0.2) is 12.5 Å². The Kier molecular flexibility index (Phi) is 5.55. The van der Waals surface area contributed by atoms with Crippen LogP contribution >= 0.6 is 0 Å². The Labute approximate surface area is 135 Å². The van der Waals surface area contributed by atoms with Crippen LogP contribution in [-0.2, 0) is 16.6 Å². The third-order valence-electron chi connectivity index (χ3n) is 3.25. The van der Waals surface area contributed by atoms with Crippen molar-refractivity contribution in [1.29, 1.82) is 0 Å². The zero-order chi connectivity index (χ0) is 16.8.